The van der Waals surface area contributed by atoms with E-state index in [9.17, 15) is 14.7 Å². The fourth-order valence-corrected chi connectivity index (χ4v) is 4.07. The molecule has 2 N–H and O–H groups in total. The van der Waals surface area contributed by atoms with Gasteiger partial charge in [-0.2, -0.15) is 0 Å². The third kappa shape index (κ3) is 2.05. The number of ether oxygens (including phenoxy) is 3. The van der Waals surface area contributed by atoms with Gasteiger partial charge < -0.3 is 19.3 Å². The summed E-state index contributed by atoms with van der Waals surface area (Å²) in [6.45, 7) is 0.672. The van der Waals surface area contributed by atoms with Crippen molar-refractivity contribution in [2.75, 3.05) is 6.61 Å². The topological polar surface area (TPSA) is 103 Å². The number of aliphatic hydroxyl groups is 1. The number of fused-ring (bicyclic) bond motifs is 1. The van der Waals surface area contributed by atoms with E-state index in [1.54, 1.807) is 6.92 Å². The Morgan fingerprint density at radius 1 is 1.38 bits per heavy atom. The third-order valence-corrected chi connectivity index (χ3v) is 5.13. The highest BCUT2D eigenvalue weighted by Gasteiger charge is 2.73. The van der Waals surface area contributed by atoms with Crippen LogP contribution >= 0.6 is 0 Å². The van der Waals surface area contributed by atoms with Crippen LogP contribution in [0.4, 0.5) is 4.39 Å². The molecule has 4 rings (SSSR count). The van der Waals surface area contributed by atoms with Crippen LogP contribution in [-0.4, -0.2) is 44.6 Å². The van der Waals surface area contributed by atoms with Crippen LogP contribution < -0.4 is 11.2 Å². The Kier molecular flexibility index (Phi) is 3.31. The number of nitrogens with one attached hydrogen (secondary N) is 1. The van der Waals surface area contributed by atoms with Gasteiger partial charge in [0.1, 0.15) is 12.2 Å². The van der Waals surface area contributed by atoms with Crippen molar-refractivity contribution in [1.82, 2.24) is 9.55 Å². The number of H-pyrrole nitrogens is 1. The summed E-state index contributed by atoms with van der Waals surface area (Å²) in [5.74, 6) is -3.42. The quantitative estimate of drug-likeness (QED) is 0.794. The van der Waals surface area contributed by atoms with Crippen molar-refractivity contribution in [3.63, 3.8) is 0 Å². The molecular formula is C15H19FN2O6. The molecule has 8 nitrogen and oxygen atoms in total. The number of rotatable bonds is 2. The molecule has 4 atom stereocenters. The summed E-state index contributed by atoms with van der Waals surface area (Å²) in [5, 5.41) is 9.52. The van der Waals surface area contributed by atoms with Gasteiger partial charge >= 0.3 is 5.69 Å². The summed E-state index contributed by atoms with van der Waals surface area (Å²) < 4.78 is 33.6. The number of halogens is 1. The van der Waals surface area contributed by atoms with E-state index < -0.39 is 47.4 Å². The molecule has 1 aromatic rings. The lowest BCUT2D eigenvalue weighted by Gasteiger charge is -2.31. The molecule has 9 heteroatoms. The zero-order valence-corrected chi connectivity index (χ0v) is 13.2. The Balaban J connectivity index is 1.81. The molecule has 0 amide bonds. The van der Waals surface area contributed by atoms with Crippen LogP contribution in [0, 0.1) is 0 Å². The molecule has 3 aliphatic rings. The number of aromatic amines is 1. The van der Waals surface area contributed by atoms with Crippen LogP contribution in [0.15, 0.2) is 21.9 Å². The average molecular weight is 342 g/mol. The molecule has 1 spiro atoms. The Morgan fingerprint density at radius 3 is 2.71 bits per heavy atom. The predicted octanol–water partition coefficient (Wildman–Crippen LogP) is 0.168. The van der Waals surface area contributed by atoms with Crippen LogP contribution in [0.25, 0.3) is 0 Å². The summed E-state index contributed by atoms with van der Waals surface area (Å²) in [5.41, 5.74) is -2.63. The van der Waals surface area contributed by atoms with Gasteiger partial charge in [-0.15, -0.1) is 0 Å². The lowest BCUT2D eigenvalue weighted by molar-refractivity contribution is -0.279. The molecule has 3 heterocycles. The third-order valence-electron chi connectivity index (χ3n) is 5.13. The minimum atomic E-state index is -2.50. The van der Waals surface area contributed by atoms with E-state index in [1.807, 2.05) is 0 Å². The van der Waals surface area contributed by atoms with E-state index in [2.05, 4.69) is 4.98 Å². The van der Waals surface area contributed by atoms with Crippen molar-refractivity contribution in [2.45, 2.75) is 62.2 Å². The smallest absolute Gasteiger partial charge is 0.330 e. The molecule has 3 fully saturated rings. The normalized spacial score (nSPS) is 40.3. The fourth-order valence-electron chi connectivity index (χ4n) is 4.07. The Morgan fingerprint density at radius 2 is 2.08 bits per heavy atom. The van der Waals surface area contributed by atoms with Crippen molar-refractivity contribution < 1.29 is 23.7 Å². The van der Waals surface area contributed by atoms with Gasteiger partial charge in [0.2, 0.25) is 0 Å². The van der Waals surface area contributed by atoms with Gasteiger partial charge in [-0.3, -0.25) is 14.3 Å². The number of aromatic nitrogens is 2. The zero-order valence-electron chi connectivity index (χ0n) is 13.2. The molecule has 1 aromatic heterocycles. The monoisotopic (exact) mass is 342 g/mol. The molecule has 1 aliphatic carbocycles. The molecule has 2 aliphatic heterocycles. The molecule has 1 saturated carbocycles. The standard InChI is InChI=1S/C15H19FN2O6/c1-13-10(22-14(24-13)5-2-3-6-14)15(16,8-19)23-11(13)18-7-4-9(20)17-12(18)21/h4,7,10-11,19H,2-3,5-6,8H2,1H3,(H,17,20,21)/t10-,11+,13+,15+/m0/s1. The molecule has 0 bridgehead atoms. The molecule has 24 heavy (non-hydrogen) atoms. The van der Waals surface area contributed by atoms with Gasteiger partial charge in [0.15, 0.2) is 18.1 Å². The maximum Gasteiger partial charge on any atom is 0.330 e. The first-order valence-electron chi connectivity index (χ1n) is 7.99. The van der Waals surface area contributed by atoms with Crippen LogP contribution in [0.3, 0.4) is 0 Å². The SMILES string of the molecule is C[C@@]12OC3(CCCC3)O[C@@H]1[C@@](F)(CO)O[C@H]2n1ccc(=O)[nH]c1=O. The Hall–Kier alpha value is -1.55. The highest BCUT2D eigenvalue weighted by Crippen LogP contribution is 2.58. The molecule has 0 aromatic carbocycles. The maximum absolute atomic E-state index is 15.2. The first-order chi connectivity index (χ1) is 11.3. The number of alkyl halides is 1. The first kappa shape index (κ1) is 15.9. The van der Waals surface area contributed by atoms with Gasteiger partial charge in [0.25, 0.3) is 11.4 Å². The molecule has 0 unspecified atom stereocenters. The van der Waals surface area contributed by atoms with Gasteiger partial charge in [-0.05, 0) is 19.8 Å². The van der Waals surface area contributed by atoms with E-state index >= 15 is 4.39 Å². The maximum atomic E-state index is 15.2. The summed E-state index contributed by atoms with van der Waals surface area (Å²) in [6, 6.07) is 1.14. The lowest BCUT2D eigenvalue weighted by Crippen LogP contribution is -2.47. The molecule has 132 valence electrons. The largest absolute Gasteiger partial charge is 0.390 e. The minimum Gasteiger partial charge on any atom is -0.390 e. The van der Waals surface area contributed by atoms with Crippen molar-refractivity contribution in [3.05, 3.63) is 33.1 Å². The summed E-state index contributed by atoms with van der Waals surface area (Å²) in [7, 11) is 0. The second-order valence-electron chi connectivity index (χ2n) is 6.83. The van der Waals surface area contributed by atoms with Crippen molar-refractivity contribution in [3.8, 4) is 0 Å². The van der Waals surface area contributed by atoms with Gasteiger partial charge in [0.05, 0.1) is 0 Å². The average Bonchev–Trinajstić information content (AvgIpc) is 3.16. The van der Waals surface area contributed by atoms with Crippen molar-refractivity contribution in [1.29, 1.82) is 0 Å². The van der Waals surface area contributed by atoms with E-state index in [0.29, 0.717) is 12.8 Å². The number of hydrogen-bond acceptors (Lipinski definition) is 6. The van der Waals surface area contributed by atoms with Gasteiger partial charge in [0, 0.05) is 25.1 Å². The van der Waals surface area contributed by atoms with Crippen LogP contribution in [0.5, 0.6) is 0 Å². The van der Waals surface area contributed by atoms with Crippen LogP contribution in [0.1, 0.15) is 38.8 Å². The predicted molar refractivity (Wildman–Crippen MR) is 77.9 cm³/mol. The van der Waals surface area contributed by atoms with Crippen LogP contribution in [-0.2, 0) is 14.2 Å². The summed E-state index contributed by atoms with van der Waals surface area (Å²) >= 11 is 0. The van der Waals surface area contributed by atoms with E-state index in [0.717, 1.165) is 23.5 Å². The molecule has 2 saturated heterocycles. The second kappa shape index (κ2) is 4.98. The van der Waals surface area contributed by atoms with Crippen molar-refractivity contribution in [2.24, 2.45) is 0 Å². The highest BCUT2D eigenvalue weighted by atomic mass is 19.2. The van der Waals surface area contributed by atoms with Crippen LogP contribution in [0.2, 0.25) is 0 Å². The lowest BCUT2D eigenvalue weighted by atomic mass is 9.95. The zero-order chi connectivity index (χ0) is 17.2. The van der Waals surface area contributed by atoms with E-state index in [-0.39, 0.29) is 0 Å². The molecular weight excluding hydrogens is 323 g/mol. The highest BCUT2D eigenvalue weighted by molar-refractivity contribution is 5.11. The van der Waals surface area contributed by atoms with E-state index in [4.69, 9.17) is 14.2 Å². The van der Waals surface area contributed by atoms with Crippen molar-refractivity contribution >= 4 is 0 Å². The Bertz CT molecular complexity index is 772. The number of aliphatic hydroxyl groups excluding tert-OH is 1. The van der Waals surface area contributed by atoms with E-state index in [1.165, 1.54) is 6.20 Å². The Labute approximate surface area is 136 Å². The summed E-state index contributed by atoms with van der Waals surface area (Å²) in [6.07, 6.45) is 1.89. The van der Waals surface area contributed by atoms with Gasteiger partial charge in [-0.1, -0.05) is 0 Å². The minimum absolute atomic E-state index is 0.569. The summed E-state index contributed by atoms with van der Waals surface area (Å²) in [4.78, 5) is 25.5. The fraction of sp³-hybridized carbons (Fsp3) is 0.733. The second-order valence-corrected chi connectivity index (χ2v) is 6.83. The molecule has 0 radical (unpaired) electrons. The first-order valence-corrected chi connectivity index (χ1v) is 7.99. The van der Waals surface area contributed by atoms with Gasteiger partial charge in [-0.25, -0.2) is 9.18 Å². The number of nitrogens with zero attached hydrogens (tertiary/aromatic N) is 1. The number of hydrogen-bond donors (Lipinski definition) is 2.